The van der Waals surface area contributed by atoms with Crippen LogP contribution in [0.5, 0.6) is 0 Å². The van der Waals surface area contributed by atoms with Gasteiger partial charge in [-0.3, -0.25) is 0 Å². The molecule has 0 bridgehead atoms. The maximum atomic E-state index is 11.4. The van der Waals surface area contributed by atoms with Crippen molar-refractivity contribution in [2.75, 3.05) is 0 Å². The van der Waals surface area contributed by atoms with Gasteiger partial charge in [-0.15, -0.1) is 0 Å². The number of benzene rings is 1. The lowest BCUT2D eigenvalue weighted by Gasteiger charge is -1.98. The molecule has 7 heteroatoms. The molecule has 1 aromatic heterocycles. The molecule has 0 aliphatic rings. The highest BCUT2D eigenvalue weighted by Crippen LogP contribution is 2.01. The molecule has 1 aromatic carbocycles. The van der Waals surface area contributed by atoms with E-state index in [2.05, 4.69) is 24.7 Å². The number of carbonyl (C=O) groups excluding carboxylic acids is 1. The number of nitrogens with zero attached hydrogens (tertiary/aromatic N) is 2. The Kier molecular flexibility index (Phi) is 3.65. The quantitative estimate of drug-likeness (QED) is 0.351. The zero-order valence-corrected chi connectivity index (χ0v) is 9.37. The zero-order valence-electron chi connectivity index (χ0n) is 9.37. The van der Waals surface area contributed by atoms with Crippen LogP contribution in [-0.4, -0.2) is 17.0 Å². The molecular weight excluding hydrogens is 236 g/mol. The molecule has 0 fully saturated rings. The van der Waals surface area contributed by atoms with Gasteiger partial charge in [0.1, 0.15) is 0 Å². The van der Waals surface area contributed by atoms with Gasteiger partial charge in [-0.25, -0.2) is 14.3 Å². The smallest absolute Gasteiger partial charge is 0.374 e. The van der Waals surface area contributed by atoms with E-state index in [-0.39, 0.29) is 18.1 Å². The number of nitrogens with one attached hydrogen (secondary N) is 1. The molecule has 0 unspecified atom stereocenters. The first-order valence-electron chi connectivity index (χ1n) is 5.15. The third kappa shape index (κ3) is 3.14. The number of amidine groups is 1. The first-order chi connectivity index (χ1) is 8.75. The van der Waals surface area contributed by atoms with Gasteiger partial charge in [0.15, 0.2) is 5.16 Å². The minimum atomic E-state index is -0.507. The number of carbonyl (C=O) groups is 1. The third-order valence-electron chi connectivity index (χ3n) is 2.07. The first kappa shape index (κ1) is 11.8. The Morgan fingerprint density at radius 3 is 2.89 bits per heavy atom. The van der Waals surface area contributed by atoms with E-state index < -0.39 is 5.97 Å². The van der Waals surface area contributed by atoms with Gasteiger partial charge < -0.3 is 10.6 Å². The van der Waals surface area contributed by atoms with Crippen molar-refractivity contribution in [3.8, 4) is 0 Å². The van der Waals surface area contributed by atoms with Gasteiger partial charge in [-0.05, 0) is 10.7 Å². The van der Waals surface area contributed by atoms with Gasteiger partial charge in [-0.1, -0.05) is 30.3 Å². The lowest BCUT2D eigenvalue weighted by Crippen LogP contribution is -2.23. The molecule has 0 spiro atoms. The summed E-state index contributed by atoms with van der Waals surface area (Å²) in [5.41, 5.74) is 6.34. The number of hydrogen-bond donors (Lipinski definition) is 1. The minimum Gasteiger partial charge on any atom is -0.374 e. The molecular formula is C11H11N4O3+. The third-order valence-corrected chi connectivity index (χ3v) is 2.07. The topological polar surface area (TPSA) is 105 Å². The summed E-state index contributed by atoms with van der Waals surface area (Å²) >= 11 is 0. The van der Waals surface area contributed by atoms with E-state index in [4.69, 9.17) is 5.73 Å². The molecule has 2 rings (SSSR count). The molecule has 2 aromatic rings. The Balaban J connectivity index is 1.91. The maximum Gasteiger partial charge on any atom is 0.416 e. The van der Waals surface area contributed by atoms with Crippen molar-refractivity contribution in [2.24, 2.45) is 10.9 Å². The highest BCUT2D eigenvalue weighted by Gasteiger charge is 2.14. The fourth-order valence-corrected chi connectivity index (χ4v) is 1.25. The Morgan fingerprint density at radius 1 is 1.44 bits per heavy atom. The highest BCUT2D eigenvalue weighted by molar-refractivity contribution is 5.92. The fraction of sp³-hybridized carbons (Fsp3) is 0.0909. The molecule has 3 N–H and O–H groups in total. The van der Waals surface area contributed by atoms with Crippen molar-refractivity contribution in [1.29, 1.82) is 0 Å². The average Bonchev–Trinajstić information content (AvgIpc) is 2.91. The second-order valence-electron chi connectivity index (χ2n) is 3.41. The summed E-state index contributed by atoms with van der Waals surface area (Å²) in [6, 6.07) is 9.18. The molecule has 7 nitrogen and oxygen atoms in total. The standard InChI is InChI=1S/C11H10N4O3/c12-10(11-13-7-17-15-11)14-18-9(16)6-8-4-2-1-3-5-8/h1-5,7H,6H2,(H2,12,14)/p+1. The van der Waals surface area contributed by atoms with Crippen molar-refractivity contribution in [2.45, 2.75) is 6.42 Å². The number of oxime groups is 1. The number of aromatic nitrogens is 2. The normalized spacial score (nSPS) is 11.2. The van der Waals surface area contributed by atoms with Crippen LogP contribution in [0.25, 0.3) is 0 Å². The Labute approximate surface area is 102 Å². The lowest BCUT2D eigenvalue weighted by molar-refractivity contribution is -0.386. The monoisotopic (exact) mass is 247 g/mol. The van der Waals surface area contributed by atoms with Gasteiger partial charge in [0.05, 0.1) is 6.42 Å². The van der Waals surface area contributed by atoms with Crippen molar-refractivity contribution in [3.05, 3.63) is 48.1 Å². The number of nitrogens with two attached hydrogens (primary N) is 1. The predicted molar refractivity (Wildman–Crippen MR) is 60.0 cm³/mol. The molecule has 0 amide bonds. The molecule has 0 aliphatic carbocycles. The van der Waals surface area contributed by atoms with Gasteiger partial charge in [0, 0.05) is 0 Å². The lowest BCUT2D eigenvalue weighted by atomic mass is 10.2. The SMILES string of the molecule is NC(=NOC(=O)Cc1ccccc1)c1noc[nH+]1. The average molecular weight is 247 g/mol. The van der Waals surface area contributed by atoms with Crippen LogP contribution in [0.4, 0.5) is 0 Å². The summed E-state index contributed by atoms with van der Waals surface area (Å²) in [6.07, 6.45) is 1.35. The van der Waals surface area contributed by atoms with Gasteiger partial charge in [0.2, 0.25) is 0 Å². The second-order valence-corrected chi connectivity index (χ2v) is 3.41. The van der Waals surface area contributed by atoms with Crippen LogP contribution in [0.2, 0.25) is 0 Å². The Bertz CT molecular complexity index is 537. The largest absolute Gasteiger partial charge is 0.416 e. The van der Waals surface area contributed by atoms with Crippen LogP contribution < -0.4 is 10.7 Å². The van der Waals surface area contributed by atoms with Gasteiger partial charge >= 0.3 is 18.2 Å². The number of H-pyrrole nitrogens is 1. The summed E-state index contributed by atoms with van der Waals surface area (Å²) in [5, 5.41) is 6.95. The summed E-state index contributed by atoms with van der Waals surface area (Å²) < 4.78 is 4.53. The van der Waals surface area contributed by atoms with Crippen LogP contribution in [-0.2, 0) is 16.1 Å². The van der Waals surface area contributed by atoms with Crippen molar-refractivity contribution in [3.63, 3.8) is 0 Å². The maximum absolute atomic E-state index is 11.4. The minimum absolute atomic E-state index is 0.0647. The first-order valence-corrected chi connectivity index (χ1v) is 5.15. The summed E-state index contributed by atoms with van der Waals surface area (Å²) in [5.74, 6) is -0.375. The van der Waals surface area contributed by atoms with Crippen LogP contribution in [0.3, 0.4) is 0 Å². The van der Waals surface area contributed by atoms with Crippen LogP contribution in [0.15, 0.2) is 46.4 Å². The van der Waals surface area contributed by atoms with E-state index in [0.717, 1.165) is 5.56 Å². The van der Waals surface area contributed by atoms with E-state index in [1.165, 1.54) is 6.39 Å². The predicted octanol–water partition coefficient (Wildman–Crippen LogP) is -0.105. The Morgan fingerprint density at radius 2 is 2.22 bits per heavy atom. The van der Waals surface area contributed by atoms with E-state index in [1.807, 2.05) is 30.3 Å². The summed E-state index contributed by atoms with van der Waals surface area (Å²) in [7, 11) is 0. The number of hydrogen-bond acceptors (Lipinski definition) is 5. The van der Waals surface area contributed by atoms with Crippen LogP contribution in [0.1, 0.15) is 11.4 Å². The van der Waals surface area contributed by atoms with Gasteiger partial charge in [-0.2, -0.15) is 0 Å². The van der Waals surface area contributed by atoms with Crippen LogP contribution in [0, 0.1) is 0 Å². The fourth-order valence-electron chi connectivity index (χ4n) is 1.25. The highest BCUT2D eigenvalue weighted by atomic mass is 16.7. The van der Waals surface area contributed by atoms with Gasteiger partial charge in [0.25, 0.3) is 5.84 Å². The summed E-state index contributed by atoms with van der Waals surface area (Å²) in [6.45, 7) is 0. The molecule has 1 heterocycles. The number of rotatable bonds is 4. The summed E-state index contributed by atoms with van der Waals surface area (Å²) in [4.78, 5) is 18.7. The molecule has 18 heavy (non-hydrogen) atoms. The molecule has 0 saturated heterocycles. The Hall–Kier alpha value is -2.70. The van der Waals surface area contributed by atoms with Crippen molar-refractivity contribution in [1.82, 2.24) is 5.16 Å². The molecule has 0 aliphatic heterocycles. The van der Waals surface area contributed by atoms with E-state index in [1.54, 1.807) is 0 Å². The van der Waals surface area contributed by atoms with E-state index in [9.17, 15) is 4.79 Å². The number of aromatic amines is 1. The zero-order chi connectivity index (χ0) is 12.8. The van der Waals surface area contributed by atoms with Crippen molar-refractivity contribution >= 4 is 11.8 Å². The second kappa shape index (κ2) is 5.58. The van der Waals surface area contributed by atoms with Crippen molar-refractivity contribution < 1.29 is 19.1 Å². The van der Waals surface area contributed by atoms with E-state index in [0.29, 0.717) is 0 Å². The molecule has 0 saturated carbocycles. The van der Waals surface area contributed by atoms with E-state index >= 15 is 0 Å². The molecule has 0 atom stereocenters. The molecule has 92 valence electrons. The van der Waals surface area contributed by atoms with Crippen LogP contribution >= 0.6 is 0 Å². The molecule has 0 radical (unpaired) electrons.